The summed E-state index contributed by atoms with van der Waals surface area (Å²) in [5.41, 5.74) is 2.95. The summed E-state index contributed by atoms with van der Waals surface area (Å²) in [5, 5.41) is 3.27. The normalized spacial score (nSPS) is 10.6. The summed E-state index contributed by atoms with van der Waals surface area (Å²) >= 11 is 0. The summed E-state index contributed by atoms with van der Waals surface area (Å²) < 4.78 is 0. The lowest BCUT2D eigenvalue weighted by atomic mass is 10.3. The van der Waals surface area contributed by atoms with Crippen LogP contribution in [0.1, 0.15) is 5.56 Å². The summed E-state index contributed by atoms with van der Waals surface area (Å²) in [6.45, 7) is 0.693. The van der Waals surface area contributed by atoms with Crippen LogP contribution in [-0.2, 0) is 6.54 Å². The van der Waals surface area contributed by atoms with E-state index in [1.165, 1.54) is 0 Å². The lowest BCUT2D eigenvalue weighted by Crippen LogP contribution is -2.02. The first-order valence-corrected chi connectivity index (χ1v) is 5.34. The molecule has 0 atom stereocenters. The molecule has 2 N–H and O–H groups in total. The number of pyridine rings is 1. The van der Waals surface area contributed by atoms with E-state index < -0.39 is 0 Å². The van der Waals surface area contributed by atoms with Crippen LogP contribution in [0.25, 0.3) is 11.0 Å². The van der Waals surface area contributed by atoms with Crippen molar-refractivity contribution in [1.82, 2.24) is 19.9 Å². The fraction of sp³-hybridized carbons (Fsp3) is 0.0833. The van der Waals surface area contributed by atoms with Gasteiger partial charge in [-0.1, -0.05) is 6.07 Å². The number of hydrogen-bond acceptors (Lipinski definition) is 4. The molecule has 0 saturated heterocycles. The maximum absolute atomic E-state index is 4.22. The van der Waals surface area contributed by atoms with E-state index in [-0.39, 0.29) is 0 Å². The molecule has 0 aromatic carbocycles. The van der Waals surface area contributed by atoms with Crippen LogP contribution in [0.4, 0.5) is 5.82 Å². The molecule has 0 aliphatic carbocycles. The first kappa shape index (κ1) is 9.77. The second-order valence-corrected chi connectivity index (χ2v) is 3.68. The number of rotatable bonds is 3. The summed E-state index contributed by atoms with van der Waals surface area (Å²) in [4.78, 5) is 15.6. The Bertz CT molecular complexity index is 617. The van der Waals surface area contributed by atoms with Gasteiger partial charge in [0.05, 0.1) is 5.52 Å². The van der Waals surface area contributed by atoms with Gasteiger partial charge in [-0.05, 0) is 17.7 Å². The predicted octanol–water partition coefficient (Wildman–Crippen LogP) is 1.96. The number of aromatic nitrogens is 4. The molecule has 17 heavy (non-hydrogen) atoms. The van der Waals surface area contributed by atoms with Crippen molar-refractivity contribution < 1.29 is 0 Å². The second kappa shape index (κ2) is 4.21. The van der Waals surface area contributed by atoms with Crippen LogP contribution >= 0.6 is 0 Å². The molecule has 84 valence electrons. The van der Waals surface area contributed by atoms with Crippen LogP contribution in [0.15, 0.2) is 43.1 Å². The zero-order valence-corrected chi connectivity index (χ0v) is 9.09. The SMILES string of the molecule is c1cncc(CNc2ncnc3cc[nH]c23)c1. The molecule has 5 nitrogen and oxygen atoms in total. The Morgan fingerprint density at radius 1 is 1.24 bits per heavy atom. The first-order chi connectivity index (χ1) is 8.43. The van der Waals surface area contributed by atoms with Crippen molar-refractivity contribution in [1.29, 1.82) is 0 Å². The van der Waals surface area contributed by atoms with E-state index >= 15 is 0 Å². The first-order valence-electron chi connectivity index (χ1n) is 5.34. The molecule has 0 bridgehead atoms. The lowest BCUT2D eigenvalue weighted by Gasteiger charge is -2.05. The standard InChI is InChI=1S/C12H11N5/c1-2-9(6-13-4-1)7-15-12-11-10(3-5-14-11)16-8-17-12/h1-6,8,14H,7H2,(H,15,16,17). The van der Waals surface area contributed by atoms with Gasteiger partial charge in [-0.3, -0.25) is 4.98 Å². The van der Waals surface area contributed by atoms with Crippen molar-refractivity contribution in [3.05, 3.63) is 48.7 Å². The molecule has 0 amide bonds. The van der Waals surface area contributed by atoms with Crippen LogP contribution in [-0.4, -0.2) is 19.9 Å². The van der Waals surface area contributed by atoms with Crippen LogP contribution in [0, 0.1) is 0 Å². The molecule has 3 aromatic rings. The molecule has 0 fully saturated rings. The van der Waals surface area contributed by atoms with Crippen molar-refractivity contribution in [2.75, 3.05) is 5.32 Å². The Labute approximate surface area is 98.0 Å². The van der Waals surface area contributed by atoms with E-state index in [0.717, 1.165) is 22.4 Å². The van der Waals surface area contributed by atoms with E-state index in [1.54, 1.807) is 12.5 Å². The lowest BCUT2D eigenvalue weighted by molar-refractivity contribution is 1.08. The molecule has 0 radical (unpaired) electrons. The average Bonchev–Trinajstić information content (AvgIpc) is 2.86. The number of anilines is 1. The van der Waals surface area contributed by atoms with Gasteiger partial charge in [-0.25, -0.2) is 9.97 Å². The molecule has 3 heterocycles. The number of fused-ring (bicyclic) bond motifs is 1. The molecule has 0 spiro atoms. The Morgan fingerprint density at radius 2 is 2.24 bits per heavy atom. The molecule has 0 unspecified atom stereocenters. The zero-order valence-electron chi connectivity index (χ0n) is 9.09. The van der Waals surface area contributed by atoms with Crippen LogP contribution in [0.5, 0.6) is 0 Å². The Morgan fingerprint density at radius 3 is 3.12 bits per heavy atom. The largest absolute Gasteiger partial charge is 0.364 e. The van der Waals surface area contributed by atoms with Crippen molar-refractivity contribution in [3.63, 3.8) is 0 Å². The smallest absolute Gasteiger partial charge is 0.154 e. The fourth-order valence-electron chi connectivity index (χ4n) is 1.69. The summed E-state index contributed by atoms with van der Waals surface area (Å²) in [6.07, 6.45) is 7.01. The highest BCUT2D eigenvalue weighted by molar-refractivity contribution is 5.85. The average molecular weight is 225 g/mol. The van der Waals surface area contributed by atoms with Crippen LogP contribution in [0.2, 0.25) is 0 Å². The molecular formula is C12H11N5. The summed E-state index contributed by atoms with van der Waals surface area (Å²) in [7, 11) is 0. The van der Waals surface area contributed by atoms with Crippen molar-refractivity contribution in [2.45, 2.75) is 6.54 Å². The van der Waals surface area contributed by atoms with Gasteiger partial charge in [0.25, 0.3) is 0 Å². The van der Waals surface area contributed by atoms with Crippen LogP contribution < -0.4 is 5.32 Å². The van der Waals surface area contributed by atoms with Crippen molar-refractivity contribution in [2.24, 2.45) is 0 Å². The van der Waals surface area contributed by atoms with Gasteiger partial charge in [0.2, 0.25) is 0 Å². The maximum atomic E-state index is 4.22. The topological polar surface area (TPSA) is 66.5 Å². The summed E-state index contributed by atoms with van der Waals surface area (Å²) in [5.74, 6) is 0.809. The van der Waals surface area contributed by atoms with Gasteiger partial charge in [-0.2, -0.15) is 0 Å². The van der Waals surface area contributed by atoms with Gasteiger partial charge in [-0.15, -0.1) is 0 Å². The predicted molar refractivity (Wildman–Crippen MR) is 65.5 cm³/mol. The molecule has 3 rings (SSSR count). The quantitative estimate of drug-likeness (QED) is 0.715. The van der Waals surface area contributed by atoms with Crippen molar-refractivity contribution >= 4 is 16.9 Å². The minimum absolute atomic E-state index is 0.693. The number of nitrogens with one attached hydrogen (secondary N) is 2. The highest BCUT2D eigenvalue weighted by Crippen LogP contribution is 2.16. The Balaban J connectivity index is 1.84. The maximum Gasteiger partial charge on any atom is 0.154 e. The van der Waals surface area contributed by atoms with Crippen LogP contribution in [0.3, 0.4) is 0 Å². The van der Waals surface area contributed by atoms with Gasteiger partial charge in [0.15, 0.2) is 5.82 Å². The number of nitrogens with zero attached hydrogens (tertiary/aromatic N) is 3. The van der Waals surface area contributed by atoms with Crippen molar-refractivity contribution in [3.8, 4) is 0 Å². The van der Waals surface area contributed by atoms with Gasteiger partial charge in [0.1, 0.15) is 11.8 Å². The third-order valence-electron chi connectivity index (χ3n) is 2.53. The van der Waals surface area contributed by atoms with Gasteiger partial charge >= 0.3 is 0 Å². The molecule has 0 saturated carbocycles. The minimum atomic E-state index is 0.693. The highest BCUT2D eigenvalue weighted by atomic mass is 15.0. The van der Waals surface area contributed by atoms with E-state index in [2.05, 4.69) is 25.3 Å². The number of aromatic amines is 1. The molecule has 5 heteroatoms. The third-order valence-corrected chi connectivity index (χ3v) is 2.53. The molecule has 0 aliphatic heterocycles. The molecular weight excluding hydrogens is 214 g/mol. The Hall–Kier alpha value is -2.43. The summed E-state index contributed by atoms with van der Waals surface area (Å²) in [6, 6.07) is 5.86. The van der Waals surface area contributed by atoms with Gasteiger partial charge in [0, 0.05) is 25.1 Å². The second-order valence-electron chi connectivity index (χ2n) is 3.68. The van der Waals surface area contributed by atoms with E-state index in [9.17, 15) is 0 Å². The van der Waals surface area contributed by atoms with E-state index in [0.29, 0.717) is 6.54 Å². The minimum Gasteiger partial charge on any atom is -0.364 e. The zero-order chi connectivity index (χ0) is 11.5. The Kier molecular flexibility index (Phi) is 2.42. The number of H-pyrrole nitrogens is 1. The molecule has 3 aromatic heterocycles. The highest BCUT2D eigenvalue weighted by Gasteiger charge is 2.03. The van der Waals surface area contributed by atoms with E-state index in [1.807, 2.05) is 30.6 Å². The van der Waals surface area contributed by atoms with E-state index in [4.69, 9.17) is 0 Å². The molecule has 0 aliphatic rings. The van der Waals surface area contributed by atoms with Gasteiger partial charge < -0.3 is 10.3 Å². The monoisotopic (exact) mass is 225 g/mol. The third kappa shape index (κ3) is 1.94. The fourth-order valence-corrected chi connectivity index (χ4v) is 1.69. The number of hydrogen-bond donors (Lipinski definition) is 2.